The third-order valence-electron chi connectivity index (χ3n) is 3.51. The van der Waals surface area contributed by atoms with Crippen LogP contribution in [0.5, 0.6) is 11.5 Å². The van der Waals surface area contributed by atoms with Gasteiger partial charge in [-0.25, -0.2) is 9.79 Å². The van der Waals surface area contributed by atoms with Crippen molar-refractivity contribution in [2.24, 2.45) is 4.99 Å². The molecule has 0 aliphatic carbocycles. The number of carbonyl (C=O) groups excluding carboxylic acids is 1. The Hall–Kier alpha value is -2.79. The number of halogens is 1. The van der Waals surface area contributed by atoms with Crippen molar-refractivity contribution < 1.29 is 19.0 Å². The largest absolute Gasteiger partial charge is 0.493 e. The highest BCUT2D eigenvalue weighted by atomic mass is 35.5. The third-order valence-corrected chi connectivity index (χ3v) is 3.79. The van der Waals surface area contributed by atoms with Gasteiger partial charge in [-0.15, -0.1) is 0 Å². The lowest BCUT2D eigenvalue weighted by molar-refractivity contribution is -0.130. The summed E-state index contributed by atoms with van der Waals surface area (Å²) in [4.78, 5) is 15.7. The average Bonchev–Trinajstić information content (AvgIpc) is 2.91. The van der Waals surface area contributed by atoms with Crippen molar-refractivity contribution in [3.8, 4) is 11.5 Å². The average molecular weight is 358 g/mol. The molecule has 0 bridgehead atoms. The molecule has 0 saturated heterocycles. The molecule has 3 rings (SSSR count). The minimum Gasteiger partial charge on any atom is -0.493 e. The van der Waals surface area contributed by atoms with Crippen LogP contribution in [0.2, 0.25) is 5.02 Å². The quantitative estimate of drug-likeness (QED) is 0.593. The zero-order valence-electron chi connectivity index (χ0n) is 13.8. The smallest absolute Gasteiger partial charge is 0.363 e. The first-order valence-corrected chi connectivity index (χ1v) is 7.98. The summed E-state index contributed by atoms with van der Waals surface area (Å²) >= 11 is 6.34. The molecule has 1 aliphatic rings. The molecule has 2 aromatic rings. The molecule has 5 nitrogen and oxygen atoms in total. The van der Waals surface area contributed by atoms with E-state index in [1.807, 2.05) is 30.3 Å². The number of hydrogen-bond acceptors (Lipinski definition) is 5. The number of hydrogen-bond donors (Lipinski definition) is 0. The topological polar surface area (TPSA) is 57.1 Å². The lowest BCUT2D eigenvalue weighted by Gasteiger charge is -2.13. The van der Waals surface area contributed by atoms with E-state index in [-0.39, 0.29) is 5.70 Å². The Bertz CT molecular complexity index is 859. The van der Waals surface area contributed by atoms with Crippen LogP contribution in [-0.4, -0.2) is 19.0 Å². The van der Waals surface area contributed by atoms with E-state index in [0.717, 1.165) is 5.56 Å². The van der Waals surface area contributed by atoms with Crippen LogP contribution in [0, 0.1) is 0 Å². The molecule has 1 aliphatic heterocycles. The number of rotatable bonds is 5. The number of nitrogens with zero attached hydrogens (tertiary/aromatic N) is 1. The molecule has 0 spiro atoms. The molecule has 128 valence electrons. The van der Waals surface area contributed by atoms with E-state index in [1.165, 1.54) is 7.11 Å². The van der Waals surface area contributed by atoms with E-state index in [4.69, 9.17) is 25.8 Å². The Balaban J connectivity index is 1.86. The molecule has 0 unspecified atom stereocenters. The van der Waals surface area contributed by atoms with Crippen molar-refractivity contribution in [3.05, 3.63) is 64.3 Å². The maximum Gasteiger partial charge on any atom is 0.363 e. The molecule has 0 fully saturated rings. The second-order valence-electron chi connectivity index (χ2n) is 5.36. The molecular formula is C19H16ClNO4. The number of cyclic esters (lactones) is 1. The minimum atomic E-state index is -0.489. The number of methoxy groups -OCH3 is 1. The van der Waals surface area contributed by atoms with Crippen LogP contribution in [0.15, 0.2) is 53.2 Å². The Morgan fingerprint density at radius 2 is 2.00 bits per heavy atom. The number of aliphatic imine (C=N–C) groups is 1. The summed E-state index contributed by atoms with van der Waals surface area (Å²) in [5.41, 5.74) is 1.90. The first-order chi connectivity index (χ1) is 12.1. The van der Waals surface area contributed by atoms with Crippen LogP contribution in [-0.2, 0) is 16.1 Å². The fourth-order valence-corrected chi connectivity index (χ4v) is 2.64. The SMILES string of the molecule is COc1cc(/C=C2/N=C(C)OC2=O)cc(Cl)c1OCc1ccccc1. The number of benzene rings is 2. The summed E-state index contributed by atoms with van der Waals surface area (Å²) in [6.45, 7) is 1.99. The van der Waals surface area contributed by atoms with Gasteiger partial charge in [0.2, 0.25) is 0 Å². The Labute approximate surface area is 150 Å². The highest BCUT2D eigenvalue weighted by molar-refractivity contribution is 6.32. The van der Waals surface area contributed by atoms with Crippen LogP contribution in [0.1, 0.15) is 18.1 Å². The molecule has 1 heterocycles. The molecule has 25 heavy (non-hydrogen) atoms. The summed E-state index contributed by atoms with van der Waals surface area (Å²) < 4.78 is 16.1. The van der Waals surface area contributed by atoms with Crippen LogP contribution < -0.4 is 9.47 Å². The minimum absolute atomic E-state index is 0.216. The van der Waals surface area contributed by atoms with Crippen molar-refractivity contribution in [2.75, 3.05) is 7.11 Å². The first-order valence-electron chi connectivity index (χ1n) is 7.60. The van der Waals surface area contributed by atoms with E-state index in [9.17, 15) is 4.79 Å². The molecular weight excluding hydrogens is 342 g/mol. The highest BCUT2D eigenvalue weighted by Gasteiger charge is 2.20. The fraction of sp³-hybridized carbons (Fsp3) is 0.158. The van der Waals surface area contributed by atoms with Crippen molar-refractivity contribution in [1.29, 1.82) is 0 Å². The van der Waals surface area contributed by atoms with Gasteiger partial charge in [0.25, 0.3) is 0 Å². The fourth-order valence-electron chi connectivity index (χ4n) is 2.37. The summed E-state index contributed by atoms with van der Waals surface area (Å²) in [5, 5.41) is 0.384. The summed E-state index contributed by atoms with van der Waals surface area (Å²) in [6, 6.07) is 13.2. The second-order valence-corrected chi connectivity index (χ2v) is 5.77. The van der Waals surface area contributed by atoms with Gasteiger partial charge in [-0.3, -0.25) is 0 Å². The van der Waals surface area contributed by atoms with Crippen LogP contribution >= 0.6 is 11.6 Å². The van der Waals surface area contributed by atoms with Crippen LogP contribution in [0.25, 0.3) is 6.08 Å². The predicted molar refractivity (Wildman–Crippen MR) is 96.0 cm³/mol. The van der Waals surface area contributed by atoms with E-state index >= 15 is 0 Å². The van der Waals surface area contributed by atoms with Crippen LogP contribution in [0.4, 0.5) is 0 Å². The lowest BCUT2D eigenvalue weighted by Crippen LogP contribution is -2.00. The molecule has 6 heteroatoms. The van der Waals surface area contributed by atoms with Crippen molar-refractivity contribution >= 4 is 29.5 Å². The maximum absolute atomic E-state index is 11.7. The van der Waals surface area contributed by atoms with E-state index < -0.39 is 5.97 Å². The van der Waals surface area contributed by atoms with E-state index in [2.05, 4.69) is 4.99 Å². The van der Waals surface area contributed by atoms with Crippen molar-refractivity contribution in [2.45, 2.75) is 13.5 Å². The Morgan fingerprint density at radius 3 is 2.64 bits per heavy atom. The highest BCUT2D eigenvalue weighted by Crippen LogP contribution is 2.37. The van der Waals surface area contributed by atoms with Crippen molar-refractivity contribution in [3.63, 3.8) is 0 Å². The monoisotopic (exact) mass is 357 g/mol. The maximum atomic E-state index is 11.7. The van der Waals surface area contributed by atoms with Crippen LogP contribution in [0.3, 0.4) is 0 Å². The Morgan fingerprint density at radius 1 is 1.24 bits per heavy atom. The van der Waals surface area contributed by atoms with Gasteiger partial charge in [0.1, 0.15) is 6.61 Å². The molecule has 0 aromatic heterocycles. The van der Waals surface area contributed by atoms with Crippen molar-refractivity contribution in [1.82, 2.24) is 0 Å². The number of carbonyl (C=O) groups is 1. The van der Waals surface area contributed by atoms with Gasteiger partial charge in [-0.1, -0.05) is 41.9 Å². The zero-order valence-corrected chi connectivity index (χ0v) is 14.5. The summed E-state index contributed by atoms with van der Waals surface area (Å²) in [5.74, 6) is 0.750. The van der Waals surface area contributed by atoms with Gasteiger partial charge in [-0.2, -0.15) is 0 Å². The first kappa shape index (κ1) is 17.0. The van der Waals surface area contributed by atoms with Gasteiger partial charge in [0.05, 0.1) is 12.1 Å². The summed E-state index contributed by atoms with van der Waals surface area (Å²) in [6.07, 6.45) is 1.59. The van der Waals surface area contributed by atoms with Gasteiger partial charge >= 0.3 is 5.97 Å². The Kier molecular flexibility index (Phi) is 5.05. The standard InChI is InChI=1S/C19H16ClNO4/c1-12-21-16(19(22)25-12)9-14-8-15(20)18(17(10-14)23-2)24-11-13-6-4-3-5-7-13/h3-10H,11H2,1-2H3/b16-9+. The van der Waals surface area contributed by atoms with Gasteiger partial charge in [0, 0.05) is 6.92 Å². The van der Waals surface area contributed by atoms with E-state index in [1.54, 1.807) is 25.1 Å². The number of esters is 1. The lowest BCUT2D eigenvalue weighted by atomic mass is 10.1. The normalized spacial score (nSPS) is 15.1. The molecule has 0 N–H and O–H groups in total. The second kappa shape index (κ2) is 7.40. The number of ether oxygens (including phenoxy) is 3. The predicted octanol–water partition coefficient (Wildman–Crippen LogP) is 4.24. The molecule has 2 aromatic carbocycles. The van der Waals surface area contributed by atoms with Gasteiger partial charge < -0.3 is 14.2 Å². The summed E-state index contributed by atoms with van der Waals surface area (Å²) in [7, 11) is 1.53. The molecule has 0 saturated carbocycles. The third kappa shape index (κ3) is 4.00. The molecule has 0 amide bonds. The van der Waals surface area contributed by atoms with Gasteiger partial charge in [-0.05, 0) is 29.3 Å². The van der Waals surface area contributed by atoms with E-state index in [0.29, 0.717) is 34.6 Å². The van der Waals surface area contributed by atoms with Gasteiger partial charge in [0.15, 0.2) is 23.1 Å². The molecule has 0 atom stereocenters. The zero-order chi connectivity index (χ0) is 17.8. The molecule has 0 radical (unpaired) electrons.